The molecule has 2 rings (SSSR count). The second-order valence-corrected chi connectivity index (χ2v) is 4.80. The molecule has 0 saturated carbocycles. The van der Waals surface area contributed by atoms with Gasteiger partial charge in [-0.05, 0) is 25.8 Å². The Morgan fingerprint density at radius 3 is 2.76 bits per heavy atom. The molecule has 1 aromatic rings. The number of carbonyl (C=O) groups is 1. The largest absolute Gasteiger partial charge is 0.393 e. The number of benzene rings is 1. The average molecular weight is 233 g/mol. The molecule has 1 N–H and O–H groups in total. The highest BCUT2D eigenvalue weighted by Gasteiger charge is 2.19. The molecular weight excluding hydrogens is 214 g/mol. The van der Waals surface area contributed by atoms with Crippen LogP contribution in [0, 0.1) is 6.92 Å². The van der Waals surface area contributed by atoms with E-state index < -0.39 is 0 Å². The number of carbonyl (C=O) groups excluding carboxylic acids is 1. The molecule has 1 aromatic carbocycles. The molecular formula is C14H19NO2. The van der Waals surface area contributed by atoms with Crippen molar-refractivity contribution in [3.8, 4) is 0 Å². The third kappa shape index (κ3) is 3.38. The van der Waals surface area contributed by atoms with E-state index in [-0.39, 0.29) is 11.9 Å². The van der Waals surface area contributed by atoms with Gasteiger partial charge in [0.1, 0.15) is 0 Å². The summed E-state index contributed by atoms with van der Waals surface area (Å²) in [6.45, 7) is 4.10. The fraction of sp³-hybridized carbons (Fsp3) is 0.500. The number of aliphatic hydroxyl groups excluding tert-OH is 1. The molecule has 92 valence electrons. The van der Waals surface area contributed by atoms with Crippen LogP contribution in [0.1, 0.15) is 28.8 Å². The standard InChI is InChI=1S/C14H19NO2/c1-11-3-2-4-12(9-11)14(17)10-15-7-5-13(16)6-8-15/h2-4,9,13,16H,5-8,10H2,1H3. The number of nitrogens with zero attached hydrogens (tertiary/aromatic N) is 1. The highest BCUT2D eigenvalue weighted by molar-refractivity contribution is 5.97. The Morgan fingerprint density at radius 2 is 2.12 bits per heavy atom. The van der Waals surface area contributed by atoms with E-state index in [9.17, 15) is 9.90 Å². The molecule has 0 bridgehead atoms. The van der Waals surface area contributed by atoms with Crippen LogP contribution >= 0.6 is 0 Å². The summed E-state index contributed by atoms with van der Waals surface area (Å²) in [5.41, 5.74) is 1.90. The molecule has 0 unspecified atom stereocenters. The summed E-state index contributed by atoms with van der Waals surface area (Å²) in [6.07, 6.45) is 1.38. The first-order valence-corrected chi connectivity index (χ1v) is 6.15. The molecule has 0 radical (unpaired) electrons. The number of Topliss-reactive ketones (excluding diaryl/α,β-unsaturated/α-hetero) is 1. The smallest absolute Gasteiger partial charge is 0.176 e. The Hall–Kier alpha value is -1.19. The van der Waals surface area contributed by atoms with Crippen molar-refractivity contribution < 1.29 is 9.90 Å². The van der Waals surface area contributed by atoms with Gasteiger partial charge in [-0.15, -0.1) is 0 Å². The summed E-state index contributed by atoms with van der Waals surface area (Å²) in [4.78, 5) is 14.2. The van der Waals surface area contributed by atoms with Gasteiger partial charge in [-0.2, -0.15) is 0 Å². The fourth-order valence-electron chi connectivity index (χ4n) is 2.19. The van der Waals surface area contributed by atoms with Gasteiger partial charge < -0.3 is 5.11 Å². The van der Waals surface area contributed by atoms with Crippen LogP contribution in [0.25, 0.3) is 0 Å². The van der Waals surface area contributed by atoms with Crippen LogP contribution in [-0.2, 0) is 0 Å². The van der Waals surface area contributed by atoms with E-state index in [1.165, 1.54) is 0 Å². The van der Waals surface area contributed by atoms with Crippen molar-refractivity contribution in [2.24, 2.45) is 0 Å². The second-order valence-electron chi connectivity index (χ2n) is 4.80. The molecule has 3 heteroatoms. The lowest BCUT2D eigenvalue weighted by molar-refractivity contribution is 0.0711. The third-order valence-corrected chi connectivity index (χ3v) is 3.26. The summed E-state index contributed by atoms with van der Waals surface area (Å²) in [5.74, 6) is 0.171. The highest BCUT2D eigenvalue weighted by Crippen LogP contribution is 2.11. The number of aryl methyl sites for hydroxylation is 1. The number of ketones is 1. The van der Waals surface area contributed by atoms with Gasteiger partial charge in [0, 0.05) is 18.7 Å². The van der Waals surface area contributed by atoms with Gasteiger partial charge in [0.25, 0.3) is 0 Å². The maximum atomic E-state index is 12.0. The lowest BCUT2D eigenvalue weighted by atomic mass is 10.0. The number of hydrogen-bond acceptors (Lipinski definition) is 3. The van der Waals surface area contributed by atoms with E-state index in [0.717, 1.165) is 37.1 Å². The van der Waals surface area contributed by atoms with Gasteiger partial charge in [-0.25, -0.2) is 0 Å². The van der Waals surface area contributed by atoms with Crippen LogP contribution in [-0.4, -0.2) is 41.5 Å². The molecule has 0 amide bonds. The van der Waals surface area contributed by atoms with Gasteiger partial charge in [0.05, 0.1) is 12.6 Å². The SMILES string of the molecule is Cc1cccc(C(=O)CN2CCC(O)CC2)c1. The fourth-order valence-corrected chi connectivity index (χ4v) is 2.19. The maximum Gasteiger partial charge on any atom is 0.176 e. The topological polar surface area (TPSA) is 40.5 Å². The molecule has 1 aliphatic heterocycles. The summed E-state index contributed by atoms with van der Waals surface area (Å²) in [5, 5.41) is 9.40. The average Bonchev–Trinajstić information content (AvgIpc) is 2.32. The van der Waals surface area contributed by atoms with Crippen molar-refractivity contribution in [1.29, 1.82) is 0 Å². The highest BCUT2D eigenvalue weighted by atomic mass is 16.3. The van der Waals surface area contributed by atoms with E-state index in [2.05, 4.69) is 4.90 Å². The van der Waals surface area contributed by atoms with E-state index in [4.69, 9.17) is 0 Å². The predicted molar refractivity (Wildman–Crippen MR) is 67.2 cm³/mol. The number of rotatable bonds is 3. The van der Waals surface area contributed by atoms with Crippen LogP contribution in [0.15, 0.2) is 24.3 Å². The first kappa shape index (κ1) is 12.3. The van der Waals surface area contributed by atoms with Crippen LogP contribution in [0.2, 0.25) is 0 Å². The zero-order chi connectivity index (χ0) is 12.3. The van der Waals surface area contributed by atoms with Crippen LogP contribution in [0.3, 0.4) is 0 Å². The molecule has 1 aliphatic rings. The Morgan fingerprint density at radius 1 is 1.41 bits per heavy atom. The van der Waals surface area contributed by atoms with Gasteiger partial charge in [-0.3, -0.25) is 9.69 Å². The molecule has 17 heavy (non-hydrogen) atoms. The van der Waals surface area contributed by atoms with Crippen molar-refractivity contribution in [1.82, 2.24) is 4.90 Å². The third-order valence-electron chi connectivity index (χ3n) is 3.26. The van der Waals surface area contributed by atoms with Crippen LogP contribution in [0.4, 0.5) is 0 Å². The van der Waals surface area contributed by atoms with E-state index in [0.29, 0.717) is 6.54 Å². The van der Waals surface area contributed by atoms with E-state index in [1.54, 1.807) is 0 Å². The number of likely N-dealkylation sites (tertiary alicyclic amines) is 1. The molecule has 1 fully saturated rings. The van der Waals surface area contributed by atoms with Crippen molar-refractivity contribution in [3.63, 3.8) is 0 Å². The zero-order valence-electron chi connectivity index (χ0n) is 10.2. The minimum absolute atomic E-state index is 0.171. The van der Waals surface area contributed by atoms with Crippen molar-refractivity contribution >= 4 is 5.78 Å². The van der Waals surface area contributed by atoms with Crippen molar-refractivity contribution in [2.75, 3.05) is 19.6 Å². The van der Waals surface area contributed by atoms with Crippen LogP contribution < -0.4 is 0 Å². The van der Waals surface area contributed by atoms with Crippen LogP contribution in [0.5, 0.6) is 0 Å². The predicted octanol–water partition coefficient (Wildman–Crippen LogP) is 1.63. The molecule has 3 nitrogen and oxygen atoms in total. The lowest BCUT2D eigenvalue weighted by Crippen LogP contribution is -2.39. The van der Waals surface area contributed by atoms with Gasteiger partial charge in [-0.1, -0.05) is 23.8 Å². The summed E-state index contributed by atoms with van der Waals surface area (Å²) >= 11 is 0. The Kier molecular flexibility index (Phi) is 3.92. The Labute approximate surface area is 102 Å². The summed E-state index contributed by atoms with van der Waals surface area (Å²) < 4.78 is 0. The number of hydrogen-bond donors (Lipinski definition) is 1. The first-order valence-electron chi connectivity index (χ1n) is 6.15. The van der Waals surface area contributed by atoms with Crippen molar-refractivity contribution in [3.05, 3.63) is 35.4 Å². The first-order chi connectivity index (χ1) is 8.15. The minimum atomic E-state index is -0.180. The molecule has 0 spiro atoms. The van der Waals surface area contributed by atoms with Gasteiger partial charge in [0.15, 0.2) is 5.78 Å². The van der Waals surface area contributed by atoms with Gasteiger partial charge >= 0.3 is 0 Å². The lowest BCUT2D eigenvalue weighted by Gasteiger charge is -2.28. The summed E-state index contributed by atoms with van der Waals surface area (Å²) in [7, 11) is 0. The molecule has 1 saturated heterocycles. The minimum Gasteiger partial charge on any atom is -0.393 e. The number of piperidine rings is 1. The van der Waals surface area contributed by atoms with E-state index >= 15 is 0 Å². The zero-order valence-corrected chi connectivity index (χ0v) is 10.2. The normalized spacial score (nSPS) is 18.2. The Balaban J connectivity index is 1.93. The Bertz CT molecular complexity index is 395. The molecule has 0 aliphatic carbocycles. The van der Waals surface area contributed by atoms with Gasteiger partial charge in [0.2, 0.25) is 0 Å². The molecule has 0 atom stereocenters. The quantitative estimate of drug-likeness (QED) is 0.807. The maximum absolute atomic E-state index is 12.0. The molecule has 1 heterocycles. The molecule has 0 aromatic heterocycles. The van der Waals surface area contributed by atoms with Crippen molar-refractivity contribution in [2.45, 2.75) is 25.9 Å². The summed E-state index contributed by atoms with van der Waals surface area (Å²) in [6, 6.07) is 7.71. The second kappa shape index (κ2) is 5.43. The monoisotopic (exact) mass is 233 g/mol. The number of aliphatic hydroxyl groups is 1. The van der Waals surface area contributed by atoms with E-state index in [1.807, 2.05) is 31.2 Å².